The van der Waals surface area contributed by atoms with Crippen molar-refractivity contribution in [2.75, 3.05) is 37.6 Å². The van der Waals surface area contributed by atoms with E-state index in [0.717, 1.165) is 18.9 Å². The van der Waals surface area contributed by atoms with E-state index < -0.39 is 0 Å². The summed E-state index contributed by atoms with van der Waals surface area (Å²) in [5, 5.41) is 14.0. The second-order valence-electron chi connectivity index (χ2n) is 6.84. The van der Waals surface area contributed by atoms with Crippen LogP contribution < -0.4 is 10.2 Å². The van der Waals surface area contributed by atoms with Crippen LogP contribution in [0.15, 0.2) is 22.9 Å². The van der Waals surface area contributed by atoms with E-state index in [4.69, 9.17) is 0 Å². The highest BCUT2D eigenvalue weighted by atomic mass is 32.1. The van der Waals surface area contributed by atoms with Gasteiger partial charge in [-0.3, -0.25) is 14.7 Å². The van der Waals surface area contributed by atoms with Gasteiger partial charge in [-0.1, -0.05) is 0 Å². The Kier molecular flexibility index (Phi) is 4.92. The molecule has 0 spiro atoms. The molecule has 1 aliphatic carbocycles. The van der Waals surface area contributed by atoms with Crippen molar-refractivity contribution < 1.29 is 9.59 Å². The number of nitrogens with one attached hydrogen (secondary N) is 2. The van der Waals surface area contributed by atoms with Crippen molar-refractivity contribution >= 4 is 29.0 Å². The van der Waals surface area contributed by atoms with Crippen molar-refractivity contribution in [1.82, 2.24) is 20.4 Å². The van der Waals surface area contributed by atoms with E-state index in [1.807, 2.05) is 10.3 Å². The fraction of sp³-hybridized carbons (Fsp3) is 0.500. The van der Waals surface area contributed by atoms with Gasteiger partial charge in [0.1, 0.15) is 0 Å². The number of amides is 2. The van der Waals surface area contributed by atoms with Gasteiger partial charge < -0.3 is 15.1 Å². The summed E-state index contributed by atoms with van der Waals surface area (Å²) in [4.78, 5) is 28.3. The maximum Gasteiger partial charge on any atom is 0.252 e. The summed E-state index contributed by atoms with van der Waals surface area (Å²) in [6, 6.07) is 3.93. The first kappa shape index (κ1) is 17.1. The van der Waals surface area contributed by atoms with E-state index in [1.165, 1.54) is 29.9 Å². The Bertz CT molecular complexity index is 760. The van der Waals surface area contributed by atoms with Crippen LogP contribution in [0.4, 0.5) is 5.82 Å². The second kappa shape index (κ2) is 7.49. The van der Waals surface area contributed by atoms with Crippen LogP contribution in [0.3, 0.4) is 0 Å². The highest BCUT2D eigenvalue weighted by Gasteiger charge is 2.27. The molecule has 4 rings (SSSR count). The molecular formula is C18H23N5O2S. The molecule has 2 fully saturated rings. The molecule has 2 N–H and O–H groups in total. The number of rotatable bonds is 6. The molecule has 0 unspecified atom stereocenters. The van der Waals surface area contributed by atoms with Gasteiger partial charge in [0.05, 0.1) is 0 Å². The Labute approximate surface area is 156 Å². The van der Waals surface area contributed by atoms with E-state index >= 15 is 0 Å². The molecule has 2 aliphatic rings. The van der Waals surface area contributed by atoms with Gasteiger partial charge in [-0.2, -0.15) is 16.4 Å². The molecule has 2 aromatic heterocycles. The van der Waals surface area contributed by atoms with Crippen molar-refractivity contribution in [1.29, 1.82) is 0 Å². The summed E-state index contributed by atoms with van der Waals surface area (Å²) < 4.78 is 0. The average molecular weight is 373 g/mol. The predicted molar refractivity (Wildman–Crippen MR) is 101 cm³/mol. The summed E-state index contributed by atoms with van der Waals surface area (Å²) >= 11 is 1.49. The fourth-order valence-corrected chi connectivity index (χ4v) is 3.85. The Balaban J connectivity index is 1.20. The number of anilines is 1. The summed E-state index contributed by atoms with van der Waals surface area (Å²) in [6.45, 7) is 3.35. The van der Waals surface area contributed by atoms with Crippen molar-refractivity contribution in [2.24, 2.45) is 0 Å². The number of carbonyl (C=O) groups is 2. The molecule has 1 saturated heterocycles. The largest absolute Gasteiger partial charge is 0.352 e. The molecule has 2 aromatic rings. The zero-order chi connectivity index (χ0) is 17.9. The monoisotopic (exact) mass is 373 g/mol. The average Bonchev–Trinajstić information content (AvgIpc) is 3.16. The van der Waals surface area contributed by atoms with Gasteiger partial charge >= 0.3 is 0 Å². The van der Waals surface area contributed by atoms with E-state index in [-0.39, 0.29) is 11.8 Å². The fourth-order valence-electron chi connectivity index (χ4n) is 3.21. The molecule has 26 heavy (non-hydrogen) atoms. The number of H-pyrrole nitrogens is 1. The van der Waals surface area contributed by atoms with Gasteiger partial charge in [0.2, 0.25) is 5.91 Å². The highest BCUT2D eigenvalue weighted by Crippen LogP contribution is 2.39. The molecule has 3 heterocycles. The van der Waals surface area contributed by atoms with Crippen LogP contribution in [0.2, 0.25) is 0 Å². The molecule has 0 bridgehead atoms. The van der Waals surface area contributed by atoms with Crippen LogP contribution >= 0.6 is 11.3 Å². The second-order valence-corrected chi connectivity index (χ2v) is 7.62. The van der Waals surface area contributed by atoms with Crippen molar-refractivity contribution in [3.05, 3.63) is 34.2 Å². The van der Waals surface area contributed by atoms with Gasteiger partial charge in [0, 0.05) is 67.8 Å². The topological polar surface area (TPSA) is 81.3 Å². The smallest absolute Gasteiger partial charge is 0.252 e. The highest BCUT2D eigenvalue weighted by molar-refractivity contribution is 7.08. The van der Waals surface area contributed by atoms with Gasteiger partial charge in [0.15, 0.2) is 5.82 Å². The normalized spacial score (nSPS) is 17.4. The predicted octanol–water partition coefficient (Wildman–Crippen LogP) is 1.82. The third-order valence-electron chi connectivity index (χ3n) is 4.97. The number of carbonyl (C=O) groups excluding carboxylic acids is 2. The lowest BCUT2D eigenvalue weighted by atomic mass is 10.2. The SMILES string of the molecule is O=C(NCCC(=O)N1CCN(c2cc(C3CC3)[nH]n2)CC1)c1ccsc1. The zero-order valence-electron chi connectivity index (χ0n) is 14.6. The van der Waals surface area contributed by atoms with Crippen LogP contribution in [-0.4, -0.2) is 59.6 Å². The number of piperazine rings is 1. The lowest BCUT2D eigenvalue weighted by Crippen LogP contribution is -2.49. The molecule has 0 atom stereocenters. The van der Waals surface area contributed by atoms with Gasteiger partial charge in [-0.15, -0.1) is 0 Å². The number of aromatic amines is 1. The maximum atomic E-state index is 12.3. The summed E-state index contributed by atoms with van der Waals surface area (Å²) in [7, 11) is 0. The first-order valence-corrected chi connectivity index (χ1v) is 10.0. The summed E-state index contributed by atoms with van der Waals surface area (Å²) in [5.74, 6) is 1.63. The van der Waals surface area contributed by atoms with Gasteiger partial charge in [-0.25, -0.2) is 0 Å². The molecular weight excluding hydrogens is 350 g/mol. The minimum atomic E-state index is -0.117. The Morgan fingerprint density at radius 3 is 2.77 bits per heavy atom. The number of nitrogens with zero attached hydrogens (tertiary/aromatic N) is 3. The maximum absolute atomic E-state index is 12.3. The van der Waals surface area contributed by atoms with Gasteiger partial charge in [-0.05, 0) is 24.3 Å². The third-order valence-corrected chi connectivity index (χ3v) is 5.65. The summed E-state index contributed by atoms with van der Waals surface area (Å²) in [5.41, 5.74) is 1.89. The zero-order valence-corrected chi connectivity index (χ0v) is 15.4. The van der Waals surface area contributed by atoms with Crippen LogP contribution in [-0.2, 0) is 4.79 Å². The summed E-state index contributed by atoms with van der Waals surface area (Å²) in [6.07, 6.45) is 2.85. The number of hydrogen-bond donors (Lipinski definition) is 2. The van der Waals surface area contributed by atoms with E-state index in [9.17, 15) is 9.59 Å². The van der Waals surface area contributed by atoms with Crippen LogP contribution in [0.1, 0.15) is 41.2 Å². The number of aromatic nitrogens is 2. The van der Waals surface area contributed by atoms with Crippen molar-refractivity contribution in [3.63, 3.8) is 0 Å². The quantitative estimate of drug-likeness (QED) is 0.809. The van der Waals surface area contributed by atoms with Crippen LogP contribution in [0.5, 0.6) is 0 Å². The Hall–Kier alpha value is -2.35. The molecule has 138 valence electrons. The third kappa shape index (κ3) is 3.90. The van der Waals surface area contributed by atoms with Crippen LogP contribution in [0.25, 0.3) is 0 Å². The molecule has 2 amide bonds. The van der Waals surface area contributed by atoms with E-state index in [2.05, 4.69) is 26.5 Å². The van der Waals surface area contributed by atoms with Crippen LogP contribution in [0, 0.1) is 0 Å². The Morgan fingerprint density at radius 2 is 2.08 bits per heavy atom. The lowest BCUT2D eigenvalue weighted by Gasteiger charge is -2.34. The number of hydrogen-bond acceptors (Lipinski definition) is 5. The Morgan fingerprint density at radius 1 is 1.27 bits per heavy atom. The molecule has 0 radical (unpaired) electrons. The molecule has 8 heteroatoms. The van der Waals surface area contributed by atoms with E-state index in [0.29, 0.717) is 37.5 Å². The number of thiophene rings is 1. The minimum Gasteiger partial charge on any atom is -0.352 e. The van der Waals surface area contributed by atoms with Gasteiger partial charge in [0.25, 0.3) is 5.91 Å². The first-order chi connectivity index (χ1) is 12.7. The van der Waals surface area contributed by atoms with Crippen molar-refractivity contribution in [3.8, 4) is 0 Å². The molecule has 7 nitrogen and oxygen atoms in total. The van der Waals surface area contributed by atoms with Crippen molar-refractivity contribution in [2.45, 2.75) is 25.2 Å². The molecule has 0 aromatic carbocycles. The standard InChI is InChI=1S/C18H23N5O2S/c24-17(3-5-19-18(25)14-4-10-26-12-14)23-8-6-22(7-9-23)16-11-15(20-21-16)13-1-2-13/h4,10-13H,1-3,5-9H2,(H,19,25)(H,20,21). The molecule has 1 saturated carbocycles. The van der Waals surface area contributed by atoms with E-state index in [1.54, 1.807) is 11.4 Å². The first-order valence-electron chi connectivity index (χ1n) is 9.09. The lowest BCUT2D eigenvalue weighted by molar-refractivity contribution is -0.131. The minimum absolute atomic E-state index is 0.0935. The molecule has 1 aliphatic heterocycles.